The zero-order valence-electron chi connectivity index (χ0n) is 21.0. The zero-order chi connectivity index (χ0) is 25.9. The third kappa shape index (κ3) is 5.69. The van der Waals surface area contributed by atoms with E-state index in [0.717, 1.165) is 54.2 Å². The van der Waals surface area contributed by atoms with Crippen molar-refractivity contribution in [3.05, 3.63) is 88.4 Å². The minimum absolute atomic E-state index is 0.0154. The number of amides is 2. The van der Waals surface area contributed by atoms with Gasteiger partial charge in [-0.1, -0.05) is 48.0 Å². The smallest absolute Gasteiger partial charge is 0.258 e. The molecule has 2 heterocycles. The van der Waals surface area contributed by atoms with Crippen LogP contribution in [0.2, 0.25) is 5.02 Å². The molecule has 5 rings (SSSR count). The van der Waals surface area contributed by atoms with Crippen LogP contribution in [0.1, 0.15) is 16.7 Å². The van der Waals surface area contributed by atoms with Crippen LogP contribution in [-0.2, 0) is 9.59 Å². The topological polar surface area (TPSA) is 76.7 Å². The Morgan fingerprint density at radius 3 is 2.46 bits per heavy atom. The summed E-state index contributed by atoms with van der Waals surface area (Å²) in [6.07, 6.45) is 0. The minimum Gasteiger partial charge on any atom is -0.354 e. The first-order valence-corrected chi connectivity index (χ1v) is 12.7. The number of hydrogen-bond donors (Lipinski definition) is 3. The summed E-state index contributed by atoms with van der Waals surface area (Å²) in [7, 11) is 2.10. The second-order valence-electron chi connectivity index (χ2n) is 9.54. The lowest BCUT2D eigenvalue weighted by molar-refractivity contribution is -0.117. The Labute approximate surface area is 222 Å². The van der Waals surface area contributed by atoms with Crippen LogP contribution in [0, 0.1) is 6.92 Å². The van der Waals surface area contributed by atoms with E-state index in [1.807, 2.05) is 61.5 Å². The molecule has 3 N–H and O–H groups in total. The number of halogens is 1. The van der Waals surface area contributed by atoms with Gasteiger partial charge in [0.25, 0.3) is 5.91 Å². The number of rotatable bonds is 6. The molecule has 3 aromatic rings. The van der Waals surface area contributed by atoms with E-state index in [0.29, 0.717) is 28.5 Å². The second kappa shape index (κ2) is 10.8. The Morgan fingerprint density at radius 2 is 1.73 bits per heavy atom. The molecular formula is C29H30ClN5O2. The van der Waals surface area contributed by atoms with E-state index in [4.69, 9.17) is 11.6 Å². The molecule has 0 aliphatic carbocycles. The van der Waals surface area contributed by atoms with E-state index < -0.39 is 0 Å². The summed E-state index contributed by atoms with van der Waals surface area (Å²) in [5.74, 6) is -0.202. The highest BCUT2D eigenvalue weighted by molar-refractivity contribution is 6.38. The second-order valence-corrected chi connectivity index (χ2v) is 9.98. The average Bonchev–Trinajstić information content (AvgIpc) is 3.20. The highest BCUT2D eigenvalue weighted by Crippen LogP contribution is 2.39. The summed E-state index contributed by atoms with van der Waals surface area (Å²) < 4.78 is 0. The molecule has 0 saturated carbocycles. The van der Waals surface area contributed by atoms with Gasteiger partial charge >= 0.3 is 0 Å². The minimum atomic E-state index is -0.187. The standard InChI is InChI=1S/C29H30ClN5O2/c1-19-16-22(9-11-24(19)32-26(36)18-35-14-12-34(2)13-15-35)31-28(20-6-4-3-5-7-20)27-23-10-8-21(30)17-25(23)33-29(27)37/h3-11,16-17,31H,12-15,18H2,1-2H3,(H,32,36)(H,33,37)/b28-27-. The Morgan fingerprint density at radius 1 is 0.973 bits per heavy atom. The van der Waals surface area contributed by atoms with Crippen LogP contribution in [0.15, 0.2) is 66.7 Å². The Kier molecular flexibility index (Phi) is 7.28. The molecule has 0 atom stereocenters. The van der Waals surface area contributed by atoms with Crippen LogP contribution >= 0.6 is 11.6 Å². The van der Waals surface area contributed by atoms with Gasteiger partial charge in [-0.05, 0) is 55.4 Å². The summed E-state index contributed by atoms with van der Waals surface area (Å²) in [6.45, 7) is 6.09. The van der Waals surface area contributed by atoms with Crippen molar-refractivity contribution in [3.8, 4) is 0 Å². The van der Waals surface area contributed by atoms with E-state index >= 15 is 0 Å². The summed E-state index contributed by atoms with van der Waals surface area (Å²) in [5, 5.41) is 10.0. The first-order chi connectivity index (χ1) is 17.9. The van der Waals surface area contributed by atoms with Gasteiger partial charge in [0.2, 0.25) is 5.91 Å². The van der Waals surface area contributed by atoms with E-state index in [9.17, 15) is 9.59 Å². The fraction of sp³-hybridized carbons (Fsp3) is 0.241. The van der Waals surface area contributed by atoms with Crippen molar-refractivity contribution < 1.29 is 9.59 Å². The van der Waals surface area contributed by atoms with Crippen molar-refractivity contribution in [3.63, 3.8) is 0 Å². The number of anilines is 3. The maximum Gasteiger partial charge on any atom is 0.258 e. The summed E-state index contributed by atoms with van der Waals surface area (Å²) in [6, 6.07) is 21.0. The molecule has 2 aliphatic rings. The van der Waals surface area contributed by atoms with E-state index in [-0.39, 0.29) is 11.8 Å². The van der Waals surface area contributed by atoms with Crippen LogP contribution in [0.4, 0.5) is 17.1 Å². The molecule has 0 aromatic heterocycles. The van der Waals surface area contributed by atoms with Crippen molar-refractivity contribution in [2.45, 2.75) is 6.92 Å². The fourth-order valence-corrected chi connectivity index (χ4v) is 4.87. The largest absolute Gasteiger partial charge is 0.354 e. The van der Waals surface area contributed by atoms with Gasteiger partial charge in [-0.25, -0.2) is 0 Å². The fourth-order valence-electron chi connectivity index (χ4n) is 4.70. The molecule has 8 heteroatoms. The molecular weight excluding hydrogens is 486 g/mol. The number of carbonyl (C=O) groups is 2. The highest BCUT2D eigenvalue weighted by Gasteiger charge is 2.28. The number of carbonyl (C=O) groups excluding carboxylic acids is 2. The molecule has 3 aromatic carbocycles. The van der Waals surface area contributed by atoms with Gasteiger partial charge in [0.15, 0.2) is 0 Å². The van der Waals surface area contributed by atoms with Crippen LogP contribution in [-0.4, -0.2) is 61.4 Å². The molecule has 7 nitrogen and oxygen atoms in total. The third-order valence-corrected chi connectivity index (χ3v) is 7.01. The number of hydrogen-bond acceptors (Lipinski definition) is 5. The quantitative estimate of drug-likeness (QED) is 0.412. The predicted molar refractivity (Wildman–Crippen MR) is 151 cm³/mol. The lowest BCUT2D eigenvalue weighted by Crippen LogP contribution is -2.47. The van der Waals surface area contributed by atoms with Gasteiger partial charge in [0.1, 0.15) is 0 Å². The van der Waals surface area contributed by atoms with Crippen LogP contribution in [0.25, 0.3) is 11.3 Å². The monoisotopic (exact) mass is 515 g/mol. The van der Waals surface area contributed by atoms with E-state index in [1.54, 1.807) is 12.1 Å². The molecule has 0 radical (unpaired) electrons. The average molecular weight is 516 g/mol. The Bertz CT molecular complexity index is 1360. The van der Waals surface area contributed by atoms with Gasteiger partial charge in [-0.3, -0.25) is 14.5 Å². The number of likely N-dealkylation sites (N-methyl/N-ethyl adjacent to an activating group) is 1. The zero-order valence-corrected chi connectivity index (χ0v) is 21.7. The molecule has 1 fully saturated rings. The number of benzene rings is 3. The maximum atomic E-state index is 13.1. The van der Waals surface area contributed by atoms with Crippen molar-refractivity contribution in [2.75, 3.05) is 55.7 Å². The van der Waals surface area contributed by atoms with E-state index in [1.165, 1.54) is 0 Å². The van der Waals surface area contributed by atoms with E-state index in [2.05, 4.69) is 32.8 Å². The molecule has 1 saturated heterocycles. The van der Waals surface area contributed by atoms with Crippen molar-refractivity contribution in [1.29, 1.82) is 0 Å². The summed E-state index contributed by atoms with van der Waals surface area (Å²) >= 11 is 6.16. The summed E-state index contributed by atoms with van der Waals surface area (Å²) in [4.78, 5) is 30.2. The maximum absolute atomic E-state index is 13.1. The molecule has 190 valence electrons. The number of nitrogens with zero attached hydrogens (tertiary/aromatic N) is 2. The molecule has 0 unspecified atom stereocenters. The lowest BCUT2D eigenvalue weighted by Gasteiger charge is -2.31. The van der Waals surface area contributed by atoms with Crippen molar-refractivity contribution >= 4 is 51.7 Å². The van der Waals surface area contributed by atoms with Gasteiger partial charge < -0.3 is 20.9 Å². The Balaban J connectivity index is 1.39. The molecule has 0 bridgehead atoms. The van der Waals surface area contributed by atoms with Crippen LogP contribution < -0.4 is 16.0 Å². The number of nitrogens with one attached hydrogen (secondary N) is 3. The number of aryl methyl sites for hydroxylation is 1. The van der Waals surface area contributed by atoms with Gasteiger partial charge in [-0.2, -0.15) is 0 Å². The first kappa shape index (κ1) is 25.0. The summed E-state index contributed by atoms with van der Waals surface area (Å²) in [5.41, 5.74) is 6.15. The molecule has 2 aliphatic heterocycles. The van der Waals surface area contributed by atoms with Gasteiger partial charge in [0.05, 0.1) is 23.5 Å². The van der Waals surface area contributed by atoms with Crippen molar-refractivity contribution in [2.24, 2.45) is 0 Å². The van der Waals surface area contributed by atoms with Gasteiger partial charge in [-0.15, -0.1) is 0 Å². The first-order valence-electron chi connectivity index (χ1n) is 12.4. The van der Waals surface area contributed by atoms with Crippen LogP contribution in [0.3, 0.4) is 0 Å². The molecule has 37 heavy (non-hydrogen) atoms. The highest BCUT2D eigenvalue weighted by atomic mass is 35.5. The van der Waals surface area contributed by atoms with Gasteiger partial charge in [0, 0.05) is 48.1 Å². The number of fused-ring (bicyclic) bond motifs is 1. The SMILES string of the molecule is Cc1cc(N/C(=C2\C(=O)Nc3cc(Cl)ccc32)c2ccccc2)ccc1NC(=O)CN1CCN(C)CC1. The number of piperazine rings is 1. The van der Waals surface area contributed by atoms with Crippen molar-refractivity contribution in [1.82, 2.24) is 9.80 Å². The third-order valence-electron chi connectivity index (χ3n) is 6.77. The van der Waals surface area contributed by atoms with Crippen LogP contribution in [0.5, 0.6) is 0 Å². The Hall–Kier alpha value is -3.65. The lowest BCUT2D eigenvalue weighted by atomic mass is 10.00. The normalized spacial score (nSPS) is 17.2. The molecule has 2 amide bonds. The predicted octanol–water partition coefficient (Wildman–Crippen LogP) is 4.77. The molecule has 0 spiro atoms.